The highest BCUT2D eigenvalue weighted by atomic mass is 16.5. The Hall–Kier alpha value is -4.46. The number of fused-ring (bicyclic) bond motifs is 3. The first-order valence-electron chi connectivity index (χ1n) is 13.3. The third-order valence-electron chi connectivity index (χ3n) is 7.32. The molecule has 4 atom stereocenters. The van der Waals surface area contributed by atoms with E-state index in [1.807, 2.05) is 19.1 Å². The third kappa shape index (κ3) is 6.22. The summed E-state index contributed by atoms with van der Waals surface area (Å²) in [6.07, 6.45) is -1.50. The third-order valence-corrected chi connectivity index (χ3v) is 7.32. The maximum atomic E-state index is 12.7. The summed E-state index contributed by atoms with van der Waals surface area (Å²) in [5, 5.41) is 36.7. The van der Waals surface area contributed by atoms with Crippen LogP contribution in [0.15, 0.2) is 23.2 Å². The normalized spacial score (nSPS) is 20.6. The number of ether oxygens (including phenoxy) is 5. The number of nitrogens with zero attached hydrogens (tertiary/aromatic N) is 3. The molecule has 2 aromatic rings. The molecule has 0 spiro atoms. The quantitative estimate of drug-likeness (QED) is 0.305. The number of hydrogen-bond acceptors (Lipinski definition) is 12. The van der Waals surface area contributed by atoms with Gasteiger partial charge in [-0.1, -0.05) is 0 Å². The predicted octanol–water partition coefficient (Wildman–Crippen LogP) is 1.98. The lowest BCUT2D eigenvalue weighted by Gasteiger charge is -2.39. The molecule has 14 nitrogen and oxygen atoms in total. The highest BCUT2D eigenvalue weighted by Gasteiger charge is 2.43. The molecule has 14 heteroatoms. The van der Waals surface area contributed by atoms with E-state index < -0.39 is 42.5 Å². The summed E-state index contributed by atoms with van der Waals surface area (Å²) in [6.45, 7) is 2.25. The number of benzene rings is 1. The van der Waals surface area contributed by atoms with Crippen molar-refractivity contribution in [1.82, 2.24) is 10.2 Å². The average molecular weight is 588 g/mol. The lowest BCUT2D eigenvalue weighted by atomic mass is 9.74. The van der Waals surface area contributed by atoms with Gasteiger partial charge in [-0.15, -0.1) is 10.2 Å². The molecule has 1 aromatic heterocycles. The van der Waals surface area contributed by atoms with Gasteiger partial charge in [0.1, 0.15) is 6.10 Å². The van der Waals surface area contributed by atoms with Crippen LogP contribution in [0.3, 0.4) is 0 Å². The molecule has 2 heterocycles. The minimum absolute atomic E-state index is 0.222. The highest BCUT2D eigenvalue weighted by Crippen LogP contribution is 2.46. The molecule has 42 heavy (non-hydrogen) atoms. The number of carboxylic acid groups (broad SMARTS) is 2. The van der Waals surface area contributed by atoms with Crippen molar-refractivity contribution in [2.45, 2.75) is 62.7 Å². The average Bonchev–Trinajstić information content (AvgIpc) is 2.95. The predicted molar refractivity (Wildman–Crippen MR) is 145 cm³/mol. The van der Waals surface area contributed by atoms with Crippen LogP contribution in [0.25, 0.3) is 0 Å². The second-order valence-corrected chi connectivity index (χ2v) is 9.99. The van der Waals surface area contributed by atoms with Gasteiger partial charge in [0.05, 0.1) is 58.1 Å². The number of esters is 1. The molecule has 0 saturated heterocycles. The van der Waals surface area contributed by atoms with Gasteiger partial charge in [-0.05, 0) is 43.9 Å². The topological polar surface area (TPSA) is 196 Å². The van der Waals surface area contributed by atoms with E-state index >= 15 is 0 Å². The molecule has 1 aliphatic carbocycles. The standard InChI is InChI=1S/C28H33N3O11/c1-5-41-21-9-15-16-8-14(42-24(34)13-28(37,27(35)36)12-23(32)33)6-7-19(16)29-25(17(15)10-20(21)38-2)18-11-22(39-3)30-31-26(18)40-4/h9-11,14,16,19,37H,5-8,12-13H2,1-4H3,(H,32,33)(H,35,36)/t14-,16-,19-,28?/m1/s1. The van der Waals surface area contributed by atoms with Crippen molar-refractivity contribution in [3.8, 4) is 23.3 Å². The Morgan fingerprint density at radius 1 is 0.952 bits per heavy atom. The first-order chi connectivity index (χ1) is 20.0. The zero-order valence-electron chi connectivity index (χ0n) is 23.7. The second-order valence-electron chi connectivity index (χ2n) is 9.99. The Labute approximate surface area is 241 Å². The first-order valence-corrected chi connectivity index (χ1v) is 13.3. The van der Waals surface area contributed by atoms with E-state index in [0.29, 0.717) is 48.6 Å². The van der Waals surface area contributed by atoms with Gasteiger partial charge in [0.2, 0.25) is 11.8 Å². The lowest BCUT2D eigenvalue weighted by Crippen LogP contribution is -2.44. The molecule has 2 aliphatic rings. The number of carbonyl (C=O) groups excluding carboxylic acids is 1. The van der Waals surface area contributed by atoms with Gasteiger partial charge in [0, 0.05) is 17.5 Å². The maximum absolute atomic E-state index is 12.7. The van der Waals surface area contributed by atoms with Crippen molar-refractivity contribution in [2.24, 2.45) is 4.99 Å². The number of hydrogen-bond donors (Lipinski definition) is 3. The zero-order valence-corrected chi connectivity index (χ0v) is 23.7. The minimum Gasteiger partial charge on any atom is -0.493 e. The fourth-order valence-corrected chi connectivity index (χ4v) is 5.39. The van der Waals surface area contributed by atoms with Crippen LogP contribution in [0, 0.1) is 0 Å². The summed E-state index contributed by atoms with van der Waals surface area (Å²) in [5.41, 5.74) is -0.0406. The summed E-state index contributed by atoms with van der Waals surface area (Å²) in [4.78, 5) is 40.3. The molecule has 4 rings (SSSR count). The van der Waals surface area contributed by atoms with E-state index in [4.69, 9.17) is 33.8 Å². The summed E-state index contributed by atoms with van der Waals surface area (Å²) in [7, 11) is 4.49. The van der Waals surface area contributed by atoms with Crippen LogP contribution in [0.1, 0.15) is 61.6 Å². The summed E-state index contributed by atoms with van der Waals surface area (Å²) >= 11 is 0. The minimum atomic E-state index is -2.78. The van der Waals surface area contributed by atoms with Crippen molar-refractivity contribution < 1.29 is 53.4 Å². The van der Waals surface area contributed by atoms with Gasteiger partial charge in [-0.3, -0.25) is 14.6 Å². The monoisotopic (exact) mass is 587 g/mol. The number of aliphatic carboxylic acids is 2. The number of rotatable bonds is 12. The van der Waals surface area contributed by atoms with Crippen LogP contribution in [0.4, 0.5) is 0 Å². The number of aliphatic imine (C=N–C) groups is 1. The van der Waals surface area contributed by atoms with Gasteiger partial charge in [0.15, 0.2) is 17.1 Å². The van der Waals surface area contributed by atoms with E-state index in [1.54, 1.807) is 6.07 Å². The molecule has 1 saturated carbocycles. The van der Waals surface area contributed by atoms with E-state index in [-0.39, 0.29) is 23.7 Å². The molecule has 226 valence electrons. The zero-order chi connectivity index (χ0) is 30.6. The van der Waals surface area contributed by atoms with Gasteiger partial charge >= 0.3 is 17.9 Å². The number of carboxylic acids is 2. The van der Waals surface area contributed by atoms with Crippen LogP contribution in [0.2, 0.25) is 0 Å². The summed E-state index contributed by atoms with van der Waals surface area (Å²) in [5.74, 6) is -3.06. The highest BCUT2D eigenvalue weighted by molar-refractivity contribution is 6.16. The molecule has 1 aliphatic heterocycles. The molecule has 0 amide bonds. The van der Waals surface area contributed by atoms with Gasteiger partial charge < -0.3 is 39.0 Å². The van der Waals surface area contributed by atoms with Crippen molar-refractivity contribution in [2.75, 3.05) is 27.9 Å². The van der Waals surface area contributed by atoms with Crippen molar-refractivity contribution in [1.29, 1.82) is 0 Å². The van der Waals surface area contributed by atoms with Crippen LogP contribution in [-0.2, 0) is 19.1 Å². The van der Waals surface area contributed by atoms with Gasteiger partial charge in [0.25, 0.3) is 0 Å². The molecule has 1 aromatic carbocycles. The number of aliphatic hydroxyl groups is 1. The van der Waals surface area contributed by atoms with Crippen molar-refractivity contribution >= 4 is 23.6 Å². The first kappa shape index (κ1) is 30.5. The molecule has 1 unspecified atom stereocenters. The Kier molecular flexibility index (Phi) is 9.14. The fourth-order valence-electron chi connectivity index (χ4n) is 5.39. The molecule has 3 N–H and O–H groups in total. The van der Waals surface area contributed by atoms with Crippen molar-refractivity contribution in [3.63, 3.8) is 0 Å². The molecule has 0 bridgehead atoms. The SMILES string of the molecule is CCOc1cc2c(cc1OC)C(c1cc(OC)nnc1OC)=N[C@@H]1CC[C@@H](OC(=O)CC(O)(CC(=O)O)C(=O)O)C[C@H]21. The maximum Gasteiger partial charge on any atom is 0.336 e. The summed E-state index contributed by atoms with van der Waals surface area (Å²) in [6, 6.07) is 5.15. The van der Waals surface area contributed by atoms with E-state index in [2.05, 4.69) is 10.2 Å². The largest absolute Gasteiger partial charge is 0.493 e. The van der Waals surface area contributed by atoms with E-state index in [1.165, 1.54) is 21.3 Å². The van der Waals surface area contributed by atoms with Crippen LogP contribution < -0.4 is 18.9 Å². The summed E-state index contributed by atoms with van der Waals surface area (Å²) < 4.78 is 27.8. The number of methoxy groups -OCH3 is 3. The molecule has 0 radical (unpaired) electrons. The smallest absolute Gasteiger partial charge is 0.336 e. The molecule has 1 fully saturated rings. The second kappa shape index (κ2) is 12.6. The van der Waals surface area contributed by atoms with Gasteiger partial charge in [-0.25, -0.2) is 4.79 Å². The Morgan fingerprint density at radius 3 is 2.33 bits per heavy atom. The fraction of sp³-hybridized carbons (Fsp3) is 0.500. The van der Waals surface area contributed by atoms with E-state index in [0.717, 1.165) is 11.1 Å². The lowest BCUT2D eigenvalue weighted by molar-refractivity contribution is -0.174. The Morgan fingerprint density at radius 2 is 1.71 bits per heavy atom. The Bertz CT molecular complexity index is 1400. The Balaban J connectivity index is 1.69. The van der Waals surface area contributed by atoms with E-state index in [9.17, 15) is 24.6 Å². The number of aromatic nitrogens is 2. The number of carbonyl (C=O) groups is 3. The van der Waals surface area contributed by atoms with Crippen LogP contribution in [-0.4, -0.2) is 94.8 Å². The molecular weight excluding hydrogens is 554 g/mol. The van der Waals surface area contributed by atoms with Crippen LogP contribution >= 0.6 is 0 Å². The van der Waals surface area contributed by atoms with Crippen molar-refractivity contribution in [3.05, 3.63) is 34.9 Å². The molecular formula is C28H33N3O11. The van der Waals surface area contributed by atoms with Gasteiger partial charge in [-0.2, -0.15) is 0 Å². The van der Waals surface area contributed by atoms with Crippen LogP contribution in [0.5, 0.6) is 23.3 Å².